The topological polar surface area (TPSA) is 18.5 Å². The molecule has 1 heterocycles. The average Bonchev–Trinajstić information content (AvgIpc) is 2.62. The van der Waals surface area contributed by atoms with Crippen molar-refractivity contribution in [2.24, 2.45) is 0 Å². The van der Waals surface area contributed by atoms with Crippen LogP contribution in [-0.2, 0) is 0 Å². The van der Waals surface area contributed by atoms with Crippen LogP contribution < -0.4 is 5.32 Å². The second-order valence-electron chi connectivity index (χ2n) is 5.75. The van der Waals surface area contributed by atoms with Crippen LogP contribution in [-0.4, -0.2) is 61.7 Å². The summed E-state index contributed by atoms with van der Waals surface area (Å²) in [6.07, 6.45) is 5.27. The molecule has 18 heavy (non-hydrogen) atoms. The lowest BCUT2D eigenvalue weighted by molar-refractivity contribution is 0.246. The summed E-state index contributed by atoms with van der Waals surface area (Å²) in [4.78, 5) is 5.04. The van der Waals surface area contributed by atoms with Crippen LogP contribution in [0.15, 0.2) is 0 Å². The van der Waals surface area contributed by atoms with Crippen LogP contribution in [0.25, 0.3) is 0 Å². The molecule has 0 radical (unpaired) electrons. The summed E-state index contributed by atoms with van der Waals surface area (Å²) < 4.78 is 0. The van der Waals surface area contributed by atoms with Crippen molar-refractivity contribution in [3.05, 3.63) is 0 Å². The van der Waals surface area contributed by atoms with Crippen molar-refractivity contribution in [1.29, 1.82) is 0 Å². The normalized spacial score (nSPS) is 24.2. The number of nitrogens with zero attached hydrogens (tertiary/aromatic N) is 2. The van der Waals surface area contributed by atoms with E-state index in [2.05, 4.69) is 42.9 Å². The van der Waals surface area contributed by atoms with Crippen molar-refractivity contribution in [1.82, 2.24) is 15.1 Å². The van der Waals surface area contributed by atoms with Crippen LogP contribution >= 0.6 is 0 Å². The molecule has 1 rings (SSSR count). The van der Waals surface area contributed by atoms with Gasteiger partial charge in [-0.3, -0.25) is 0 Å². The Labute approximate surface area is 114 Å². The van der Waals surface area contributed by atoms with Gasteiger partial charge in [-0.15, -0.1) is 0 Å². The van der Waals surface area contributed by atoms with Crippen LogP contribution in [0.2, 0.25) is 0 Å². The largest absolute Gasteiger partial charge is 0.313 e. The van der Waals surface area contributed by atoms with Gasteiger partial charge in [-0.2, -0.15) is 0 Å². The Morgan fingerprint density at radius 1 is 1.28 bits per heavy atom. The molecular formula is C15H33N3. The first kappa shape index (κ1) is 15.9. The van der Waals surface area contributed by atoms with Gasteiger partial charge in [0.05, 0.1) is 0 Å². The minimum Gasteiger partial charge on any atom is -0.313 e. The van der Waals surface area contributed by atoms with Crippen molar-refractivity contribution in [3.63, 3.8) is 0 Å². The minimum atomic E-state index is 0.705. The van der Waals surface area contributed by atoms with Crippen molar-refractivity contribution < 1.29 is 0 Å². The van der Waals surface area contributed by atoms with Crippen LogP contribution in [0.3, 0.4) is 0 Å². The van der Waals surface area contributed by atoms with Crippen molar-refractivity contribution in [2.75, 3.05) is 39.8 Å². The molecule has 0 aromatic heterocycles. The molecule has 1 aliphatic rings. The summed E-state index contributed by atoms with van der Waals surface area (Å²) >= 11 is 0. The summed E-state index contributed by atoms with van der Waals surface area (Å²) in [6, 6.07) is 1.45. The molecule has 0 aromatic rings. The van der Waals surface area contributed by atoms with Gasteiger partial charge in [0, 0.05) is 25.2 Å². The molecule has 1 fully saturated rings. The number of nitrogens with one attached hydrogen (secondary N) is 1. The lowest BCUT2D eigenvalue weighted by Crippen LogP contribution is -2.39. The molecular weight excluding hydrogens is 222 g/mol. The van der Waals surface area contributed by atoms with Crippen LogP contribution in [0, 0.1) is 0 Å². The van der Waals surface area contributed by atoms with E-state index in [-0.39, 0.29) is 0 Å². The maximum absolute atomic E-state index is 3.75. The molecule has 108 valence electrons. The number of hydrogen-bond acceptors (Lipinski definition) is 3. The SMILES string of the molecule is CCC(C)N(C)CCNC1CCCN(CC)CC1. The van der Waals surface area contributed by atoms with Gasteiger partial charge in [0.25, 0.3) is 0 Å². The highest BCUT2D eigenvalue weighted by molar-refractivity contribution is 4.75. The van der Waals surface area contributed by atoms with E-state index in [0.717, 1.165) is 12.6 Å². The lowest BCUT2D eigenvalue weighted by Gasteiger charge is -2.25. The van der Waals surface area contributed by atoms with E-state index >= 15 is 0 Å². The molecule has 0 saturated carbocycles. The Morgan fingerprint density at radius 3 is 2.72 bits per heavy atom. The number of rotatable bonds is 7. The minimum absolute atomic E-state index is 0.705. The van der Waals surface area contributed by atoms with Crippen molar-refractivity contribution >= 4 is 0 Å². The van der Waals surface area contributed by atoms with Gasteiger partial charge in [0.15, 0.2) is 0 Å². The van der Waals surface area contributed by atoms with E-state index in [1.165, 1.54) is 51.9 Å². The molecule has 3 nitrogen and oxygen atoms in total. The molecule has 0 aliphatic carbocycles. The lowest BCUT2D eigenvalue weighted by atomic mass is 10.1. The summed E-state index contributed by atoms with van der Waals surface area (Å²) in [5.74, 6) is 0. The van der Waals surface area contributed by atoms with Crippen molar-refractivity contribution in [3.8, 4) is 0 Å². The van der Waals surface area contributed by atoms with E-state index < -0.39 is 0 Å². The maximum Gasteiger partial charge on any atom is 0.0107 e. The molecule has 0 spiro atoms. The summed E-state index contributed by atoms with van der Waals surface area (Å²) in [5, 5.41) is 3.75. The third-order valence-electron chi connectivity index (χ3n) is 4.51. The Bertz CT molecular complexity index is 208. The van der Waals surface area contributed by atoms with E-state index in [9.17, 15) is 0 Å². The first-order valence-electron chi connectivity index (χ1n) is 7.83. The maximum atomic E-state index is 3.75. The second-order valence-corrected chi connectivity index (χ2v) is 5.75. The first-order chi connectivity index (χ1) is 8.67. The van der Waals surface area contributed by atoms with E-state index in [1.807, 2.05) is 0 Å². The Morgan fingerprint density at radius 2 is 2.06 bits per heavy atom. The Balaban J connectivity index is 2.15. The Kier molecular flexibility index (Phi) is 7.87. The molecule has 0 bridgehead atoms. The van der Waals surface area contributed by atoms with Crippen molar-refractivity contribution in [2.45, 2.75) is 58.5 Å². The van der Waals surface area contributed by atoms with E-state index in [1.54, 1.807) is 0 Å². The third-order valence-corrected chi connectivity index (χ3v) is 4.51. The zero-order chi connectivity index (χ0) is 13.4. The molecule has 0 aromatic carbocycles. The predicted octanol–water partition coefficient (Wildman–Crippen LogP) is 2.18. The molecule has 1 aliphatic heterocycles. The standard InChI is InChI=1S/C15H33N3/c1-5-14(3)17(4)13-10-16-15-8-7-11-18(6-2)12-9-15/h14-16H,5-13H2,1-4H3. The highest BCUT2D eigenvalue weighted by Crippen LogP contribution is 2.10. The monoisotopic (exact) mass is 255 g/mol. The van der Waals surface area contributed by atoms with Gasteiger partial charge >= 0.3 is 0 Å². The van der Waals surface area contributed by atoms with Gasteiger partial charge < -0.3 is 15.1 Å². The number of likely N-dealkylation sites (N-methyl/N-ethyl adjacent to an activating group) is 1. The van der Waals surface area contributed by atoms with Gasteiger partial charge in [0.1, 0.15) is 0 Å². The van der Waals surface area contributed by atoms with E-state index in [4.69, 9.17) is 0 Å². The molecule has 1 N–H and O–H groups in total. The summed E-state index contributed by atoms with van der Waals surface area (Å²) in [5.41, 5.74) is 0. The molecule has 2 atom stereocenters. The fourth-order valence-corrected chi connectivity index (χ4v) is 2.65. The highest BCUT2D eigenvalue weighted by atomic mass is 15.1. The van der Waals surface area contributed by atoms with Gasteiger partial charge in [-0.25, -0.2) is 0 Å². The van der Waals surface area contributed by atoms with Gasteiger partial charge in [0.2, 0.25) is 0 Å². The quantitative estimate of drug-likeness (QED) is 0.752. The molecule has 1 saturated heterocycles. The van der Waals surface area contributed by atoms with Gasteiger partial charge in [-0.1, -0.05) is 13.8 Å². The van der Waals surface area contributed by atoms with Crippen LogP contribution in [0.4, 0.5) is 0 Å². The number of likely N-dealkylation sites (tertiary alicyclic amines) is 1. The zero-order valence-corrected chi connectivity index (χ0v) is 12.9. The average molecular weight is 255 g/mol. The van der Waals surface area contributed by atoms with Crippen LogP contribution in [0.5, 0.6) is 0 Å². The molecule has 2 unspecified atom stereocenters. The molecule has 0 amide bonds. The Hall–Kier alpha value is -0.120. The first-order valence-corrected chi connectivity index (χ1v) is 7.83. The summed E-state index contributed by atoms with van der Waals surface area (Å²) in [6.45, 7) is 12.9. The van der Waals surface area contributed by atoms with E-state index in [0.29, 0.717) is 6.04 Å². The zero-order valence-electron chi connectivity index (χ0n) is 12.9. The van der Waals surface area contributed by atoms with Gasteiger partial charge in [-0.05, 0) is 59.3 Å². The fraction of sp³-hybridized carbons (Fsp3) is 1.00. The number of hydrogen-bond donors (Lipinski definition) is 1. The van der Waals surface area contributed by atoms with Crippen LogP contribution in [0.1, 0.15) is 46.5 Å². The third kappa shape index (κ3) is 5.68. The highest BCUT2D eigenvalue weighted by Gasteiger charge is 2.15. The fourth-order valence-electron chi connectivity index (χ4n) is 2.65. The summed E-state index contributed by atoms with van der Waals surface area (Å²) in [7, 11) is 2.24. The smallest absolute Gasteiger partial charge is 0.0107 e. The second kappa shape index (κ2) is 8.89. The predicted molar refractivity (Wildman–Crippen MR) is 80.1 cm³/mol. The molecule has 3 heteroatoms.